The monoisotopic (exact) mass is 720 g/mol. The summed E-state index contributed by atoms with van der Waals surface area (Å²) < 4.78 is 17.8. The number of carbonyl (C=O) groups excluding carboxylic acids is 3. The van der Waals surface area contributed by atoms with Crippen LogP contribution in [0.2, 0.25) is 0 Å². The van der Waals surface area contributed by atoms with Crippen LogP contribution in [0.1, 0.15) is 54.4 Å². The quantitative estimate of drug-likeness (QED) is 0.199. The Kier molecular flexibility index (Phi) is 12.4. The summed E-state index contributed by atoms with van der Waals surface area (Å²) >= 11 is 2.03. The van der Waals surface area contributed by atoms with E-state index in [2.05, 4.69) is 5.32 Å². The minimum absolute atomic E-state index is 0.0635. The van der Waals surface area contributed by atoms with Gasteiger partial charge < -0.3 is 34.6 Å². The number of rotatable bonds is 14. The van der Waals surface area contributed by atoms with E-state index in [1.54, 1.807) is 30.2 Å². The van der Waals surface area contributed by atoms with Crippen LogP contribution in [0.4, 0.5) is 0 Å². The molecule has 0 heterocycles. The maximum atomic E-state index is 14.0. The number of methoxy groups -OCH3 is 2. The van der Waals surface area contributed by atoms with Crippen LogP contribution >= 0.6 is 22.6 Å². The zero-order valence-electron chi connectivity index (χ0n) is 25.2. The molecule has 2 aromatic rings. The second kappa shape index (κ2) is 16.2. The summed E-state index contributed by atoms with van der Waals surface area (Å²) in [5.41, 5.74) is 1.73. The van der Waals surface area contributed by atoms with Crippen molar-refractivity contribution in [1.29, 1.82) is 0 Å². The van der Waals surface area contributed by atoms with Gasteiger partial charge in [-0.2, -0.15) is 0 Å². The lowest BCUT2D eigenvalue weighted by molar-refractivity contribution is -0.139. The van der Waals surface area contributed by atoms with Crippen LogP contribution in [0, 0.1) is 9.49 Å². The van der Waals surface area contributed by atoms with Gasteiger partial charge in [0.15, 0.2) is 11.5 Å². The van der Waals surface area contributed by atoms with Crippen LogP contribution in [0.25, 0.3) is 0 Å². The first-order valence-corrected chi connectivity index (χ1v) is 16.0. The van der Waals surface area contributed by atoms with Crippen LogP contribution in [0.15, 0.2) is 48.0 Å². The predicted octanol–water partition coefficient (Wildman–Crippen LogP) is 3.69. The first-order chi connectivity index (χ1) is 21.3. The molecule has 0 aliphatic heterocycles. The van der Waals surface area contributed by atoms with Crippen LogP contribution in [0.3, 0.4) is 0 Å². The van der Waals surface area contributed by atoms with Crippen molar-refractivity contribution in [3.8, 4) is 17.2 Å². The highest BCUT2D eigenvalue weighted by Gasteiger charge is 2.41. The van der Waals surface area contributed by atoms with E-state index in [9.17, 15) is 24.6 Å². The highest BCUT2D eigenvalue weighted by molar-refractivity contribution is 14.1. The van der Waals surface area contributed by atoms with Gasteiger partial charge in [-0.15, -0.1) is 0 Å². The second-order valence-corrected chi connectivity index (χ2v) is 12.4. The summed E-state index contributed by atoms with van der Waals surface area (Å²) in [6.07, 6.45) is 5.31. The van der Waals surface area contributed by atoms with Crippen molar-refractivity contribution < 1.29 is 38.8 Å². The molecule has 0 bridgehead atoms. The third-order valence-corrected chi connectivity index (χ3v) is 9.09. The summed E-state index contributed by atoms with van der Waals surface area (Å²) in [5.74, 6) is 1.16. The number of nitrogens with one attached hydrogen (secondary N) is 1. The number of aldehydes is 1. The number of hydrogen-bond acceptors (Lipinski definition) is 8. The molecule has 238 valence electrons. The molecule has 2 amide bonds. The Morgan fingerprint density at radius 2 is 1.91 bits per heavy atom. The van der Waals surface area contributed by atoms with Crippen molar-refractivity contribution in [2.45, 2.75) is 63.2 Å². The molecule has 4 rings (SSSR count). The Morgan fingerprint density at radius 3 is 2.59 bits per heavy atom. The molecule has 2 aliphatic carbocycles. The van der Waals surface area contributed by atoms with Crippen molar-refractivity contribution in [3.05, 3.63) is 62.7 Å². The average Bonchev–Trinajstić information content (AvgIpc) is 3.55. The van der Waals surface area contributed by atoms with Gasteiger partial charge in [-0.1, -0.05) is 25.0 Å². The van der Waals surface area contributed by atoms with Gasteiger partial charge in [-0.3, -0.25) is 14.4 Å². The topological polar surface area (TPSA) is 135 Å². The van der Waals surface area contributed by atoms with Crippen LogP contribution < -0.4 is 19.5 Å². The van der Waals surface area contributed by atoms with Gasteiger partial charge in [0.05, 0.1) is 30.4 Å². The number of amides is 2. The number of nitrogens with zero attached hydrogens (tertiary/aromatic N) is 1. The number of benzene rings is 2. The summed E-state index contributed by atoms with van der Waals surface area (Å²) in [7, 11) is 3.06. The van der Waals surface area contributed by atoms with E-state index >= 15 is 0 Å². The third-order valence-electron chi connectivity index (χ3n) is 8.29. The van der Waals surface area contributed by atoms with Crippen molar-refractivity contribution in [2.24, 2.45) is 5.92 Å². The van der Waals surface area contributed by atoms with Crippen molar-refractivity contribution in [2.75, 3.05) is 33.9 Å². The van der Waals surface area contributed by atoms with E-state index in [4.69, 9.17) is 14.2 Å². The minimum atomic E-state index is -1.17. The zero-order valence-corrected chi connectivity index (χ0v) is 27.3. The second-order valence-electron chi connectivity index (χ2n) is 11.2. The van der Waals surface area contributed by atoms with Crippen LogP contribution in [-0.4, -0.2) is 85.4 Å². The van der Waals surface area contributed by atoms with Gasteiger partial charge in [-0.05, 0) is 83.7 Å². The lowest BCUT2D eigenvalue weighted by Gasteiger charge is -2.41. The molecule has 0 spiro atoms. The average molecular weight is 721 g/mol. The maximum absolute atomic E-state index is 14.0. The molecule has 2 aliphatic rings. The van der Waals surface area contributed by atoms with Gasteiger partial charge in [0.1, 0.15) is 24.2 Å². The van der Waals surface area contributed by atoms with E-state index in [-0.39, 0.29) is 25.5 Å². The van der Waals surface area contributed by atoms with Gasteiger partial charge in [0.2, 0.25) is 11.8 Å². The van der Waals surface area contributed by atoms with Crippen LogP contribution in [-0.2, 0) is 16.0 Å². The van der Waals surface area contributed by atoms with Crippen LogP contribution in [0.5, 0.6) is 17.2 Å². The first kappa shape index (κ1) is 33.7. The fraction of sp³-hybridized carbons (Fsp3) is 0.485. The summed E-state index contributed by atoms with van der Waals surface area (Å²) in [6.45, 7) is 0.164. The summed E-state index contributed by atoms with van der Waals surface area (Å²) in [4.78, 5) is 40.3. The number of aliphatic hydroxyl groups excluding tert-OH is 2. The Morgan fingerprint density at radius 1 is 1.14 bits per heavy atom. The van der Waals surface area contributed by atoms with Crippen molar-refractivity contribution in [1.82, 2.24) is 10.2 Å². The van der Waals surface area contributed by atoms with Gasteiger partial charge in [-0.25, -0.2) is 0 Å². The van der Waals surface area contributed by atoms with Gasteiger partial charge >= 0.3 is 0 Å². The third kappa shape index (κ3) is 8.51. The molecule has 11 heteroatoms. The molecule has 44 heavy (non-hydrogen) atoms. The van der Waals surface area contributed by atoms with Crippen molar-refractivity contribution in [3.63, 3.8) is 0 Å². The molecular weight excluding hydrogens is 679 g/mol. The summed E-state index contributed by atoms with van der Waals surface area (Å²) in [6, 6.07) is 10.1. The smallest absolute Gasteiger partial charge is 0.247 e. The first-order valence-electron chi connectivity index (χ1n) is 15.0. The molecule has 0 saturated heterocycles. The predicted molar refractivity (Wildman–Crippen MR) is 173 cm³/mol. The molecule has 2 aromatic carbocycles. The highest BCUT2D eigenvalue weighted by atomic mass is 127. The number of carbonyl (C=O) groups is 3. The van der Waals surface area contributed by atoms with Gasteiger partial charge in [0.25, 0.3) is 0 Å². The van der Waals surface area contributed by atoms with E-state index < -0.39 is 24.2 Å². The van der Waals surface area contributed by atoms with E-state index in [1.807, 2.05) is 46.9 Å². The molecule has 0 unspecified atom stereocenters. The van der Waals surface area contributed by atoms with E-state index in [0.29, 0.717) is 63.5 Å². The van der Waals surface area contributed by atoms with Gasteiger partial charge in [0, 0.05) is 37.1 Å². The Balaban J connectivity index is 1.68. The fourth-order valence-corrected chi connectivity index (χ4v) is 6.72. The van der Waals surface area contributed by atoms with E-state index in [1.165, 1.54) is 7.11 Å². The lowest BCUT2D eigenvalue weighted by Crippen LogP contribution is -2.55. The Bertz CT molecular complexity index is 1340. The highest BCUT2D eigenvalue weighted by Crippen LogP contribution is 2.37. The molecule has 3 N–H and O–H groups in total. The summed E-state index contributed by atoms with van der Waals surface area (Å²) in [5, 5.41) is 23.8. The normalized spacial score (nSPS) is 20.0. The molecule has 1 fully saturated rings. The molecule has 1 saturated carbocycles. The largest absolute Gasteiger partial charge is 0.497 e. The molecule has 0 radical (unpaired) electrons. The number of hydrogen-bond donors (Lipinski definition) is 3. The standard InChI is InChI=1S/C33H41IN2O8/c1-42-25-9-5-8-22(14-25)10-12-36(30(39)17-21-6-3-4-7-21)27-18-24(33(41)35-11-13-37)19-28(31(27)40)44-32-26(34)15-23(20-38)16-29(32)43-2/h5,8-9,14-16,19-21,27-28,31,37,40H,3-4,6-7,10-13,17-18H2,1-2H3,(H,35,41)/t27-,28+,31+/m1/s1. The molecule has 0 aromatic heterocycles. The maximum Gasteiger partial charge on any atom is 0.247 e. The number of ether oxygens (including phenoxy) is 3. The molecular formula is C33H41IN2O8. The SMILES string of the molecule is COc1cccc(CCN(C(=O)CC2CCCC2)[C@@H]2CC(C(=O)NCCO)=C[C@H](Oc3c(I)cc(C=O)cc3OC)[C@H]2O)c1. The lowest BCUT2D eigenvalue weighted by atomic mass is 9.87. The zero-order chi connectivity index (χ0) is 31.6. The molecule has 10 nitrogen and oxygen atoms in total. The molecule has 3 atom stereocenters. The Hall–Kier alpha value is -3.16. The number of halogens is 1. The minimum Gasteiger partial charge on any atom is -0.497 e. The Labute approximate surface area is 271 Å². The fourth-order valence-electron chi connectivity index (χ4n) is 5.97. The van der Waals surface area contributed by atoms with Crippen molar-refractivity contribution >= 4 is 40.7 Å². The van der Waals surface area contributed by atoms with E-state index in [0.717, 1.165) is 31.2 Å². The number of aliphatic hydroxyl groups is 2.